The maximum absolute atomic E-state index is 12.5. The van der Waals surface area contributed by atoms with Crippen molar-refractivity contribution in [2.45, 2.75) is 12.8 Å². The molecule has 0 aromatic heterocycles. The summed E-state index contributed by atoms with van der Waals surface area (Å²) in [7, 11) is 0. The second kappa shape index (κ2) is 6.12. The van der Waals surface area contributed by atoms with Crippen LogP contribution < -0.4 is 5.32 Å². The third kappa shape index (κ3) is 2.90. The number of hydrogen-bond donors (Lipinski definition) is 3. The molecule has 0 saturated carbocycles. The van der Waals surface area contributed by atoms with Crippen molar-refractivity contribution in [3.05, 3.63) is 48.6 Å². The molecule has 118 valence electrons. The summed E-state index contributed by atoms with van der Waals surface area (Å²) < 4.78 is 0. The van der Waals surface area contributed by atoms with Gasteiger partial charge in [0.1, 0.15) is 5.75 Å². The zero-order valence-electron chi connectivity index (χ0n) is 12.4. The Morgan fingerprint density at radius 3 is 2.35 bits per heavy atom. The number of rotatable bonds is 3. The Balaban J connectivity index is 1.90. The van der Waals surface area contributed by atoms with Gasteiger partial charge in [-0.05, 0) is 25.0 Å². The first-order valence-corrected chi connectivity index (χ1v) is 7.47. The molecule has 0 spiro atoms. The van der Waals surface area contributed by atoms with Crippen LogP contribution in [0, 0.1) is 11.8 Å². The average Bonchev–Trinajstić information content (AvgIpc) is 2.56. The third-order valence-electron chi connectivity index (χ3n) is 4.24. The molecule has 0 radical (unpaired) electrons. The van der Waals surface area contributed by atoms with Crippen LogP contribution in [0.1, 0.15) is 12.8 Å². The molecular weight excluding hydrogens is 294 g/mol. The van der Waals surface area contributed by atoms with Crippen molar-refractivity contribution in [2.75, 3.05) is 5.32 Å². The number of aromatic hydroxyl groups is 1. The summed E-state index contributed by atoms with van der Waals surface area (Å²) in [4.78, 5) is 23.9. The van der Waals surface area contributed by atoms with Crippen LogP contribution in [0.25, 0.3) is 10.8 Å². The zero-order chi connectivity index (χ0) is 16.4. The van der Waals surface area contributed by atoms with Gasteiger partial charge < -0.3 is 15.5 Å². The van der Waals surface area contributed by atoms with Gasteiger partial charge in [0.25, 0.3) is 0 Å². The molecule has 3 rings (SSSR count). The summed E-state index contributed by atoms with van der Waals surface area (Å²) in [6.07, 6.45) is 4.43. The highest BCUT2D eigenvalue weighted by atomic mass is 16.4. The third-order valence-corrected chi connectivity index (χ3v) is 4.24. The molecule has 0 saturated heterocycles. The maximum atomic E-state index is 12.5. The second-order valence-corrected chi connectivity index (χ2v) is 5.66. The number of carbonyl (C=O) groups excluding carboxylic acids is 1. The van der Waals surface area contributed by atoms with Crippen molar-refractivity contribution in [3.8, 4) is 5.75 Å². The molecule has 2 aromatic carbocycles. The summed E-state index contributed by atoms with van der Waals surface area (Å²) in [6, 6.07) is 10.3. The van der Waals surface area contributed by atoms with Crippen molar-refractivity contribution in [2.24, 2.45) is 11.8 Å². The average molecular weight is 311 g/mol. The summed E-state index contributed by atoms with van der Waals surface area (Å²) in [5.74, 6) is -2.42. The van der Waals surface area contributed by atoms with Crippen LogP contribution in [0.3, 0.4) is 0 Å². The molecule has 2 aromatic rings. The lowest BCUT2D eigenvalue weighted by atomic mass is 9.82. The van der Waals surface area contributed by atoms with E-state index >= 15 is 0 Å². The number of phenolic OH excluding ortho intramolecular Hbond substituents is 1. The van der Waals surface area contributed by atoms with Crippen LogP contribution in [-0.4, -0.2) is 22.1 Å². The van der Waals surface area contributed by atoms with Crippen molar-refractivity contribution in [3.63, 3.8) is 0 Å². The number of aliphatic carboxylic acids is 1. The predicted octanol–water partition coefficient (Wildman–Crippen LogP) is 3.15. The van der Waals surface area contributed by atoms with Gasteiger partial charge in [-0.2, -0.15) is 0 Å². The summed E-state index contributed by atoms with van der Waals surface area (Å²) in [6.45, 7) is 0. The molecular formula is C18H17NO4. The minimum absolute atomic E-state index is 0.141. The van der Waals surface area contributed by atoms with E-state index in [0.717, 1.165) is 5.39 Å². The zero-order valence-corrected chi connectivity index (χ0v) is 12.4. The largest absolute Gasteiger partial charge is 0.507 e. The Morgan fingerprint density at radius 2 is 1.61 bits per heavy atom. The number of hydrogen-bond acceptors (Lipinski definition) is 3. The van der Waals surface area contributed by atoms with Crippen LogP contribution >= 0.6 is 0 Å². The lowest BCUT2D eigenvalue weighted by Gasteiger charge is -2.24. The first-order chi connectivity index (χ1) is 11.1. The van der Waals surface area contributed by atoms with Gasteiger partial charge >= 0.3 is 5.97 Å². The van der Waals surface area contributed by atoms with Crippen molar-refractivity contribution in [1.29, 1.82) is 0 Å². The second-order valence-electron chi connectivity index (χ2n) is 5.66. The summed E-state index contributed by atoms with van der Waals surface area (Å²) in [5, 5.41) is 23.4. The Bertz CT molecular complexity index is 797. The van der Waals surface area contributed by atoms with Gasteiger partial charge in [-0.3, -0.25) is 9.59 Å². The predicted molar refractivity (Wildman–Crippen MR) is 87.2 cm³/mol. The molecule has 0 aliphatic heterocycles. The quantitative estimate of drug-likeness (QED) is 0.760. The molecule has 5 heteroatoms. The van der Waals surface area contributed by atoms with Gasteiger partial charge in [0.05, 0.1) is 11.8 Å². The molecule has 0 fully saturated rings. The fourth-order valence-corrected chi connectivity index (χ4v) is 3.00. The Hall–Kier alpha value is -2.82. The van der Waals surface area contributed by atoms with E-state index in [4.69, 9.17) is 0 Å². The van der Waals surface area contributed by atoms with Crippen molar-refractivity contribution in [1.82, 2.24) is 0 Å². The van der Waals surface area contributed by atoms with E-state index in [1.165, 1.54) is 0 Å². The Labute approximate surface area is 133 Å². The van der Waals surface area contributed by atoms with Crippen molar-refractivity contribution >= 4 is 28.3 Å². The molecule has 1 amide bonds. The number of carboxylic acid groups (broad SMARTS) is 1. The molecule has 0 bridgehead atoms. The molecule has 5 nitrogen and oxygen atoms in total. The highest BCUT2D eigenvalue weighted by Crippen LogP contribution is 2.32. The van der Waals surface area contributed by atoms with Crippen LogP contribution in [0.5, 0.6) is 5.75 Å². The number of amides is 1. The fraction of sp³-hybridized carbons (Fsp3) is 0.222. The van der Waals surface area contributed by atoms with Crippen LogP contribution in [0.2, 0.25) is 0 Å². The lowest BCUT2D eigenvalue weighted by molar-refractivity contribution is -0.146. The number of allylic oxidation sites excluding steroid dienone is 2. The molecule has 23 heavy (non-hydrogen) atoms. The van der Waals surface area contributed by atoms with Gasteiger partial charge in [0.15, 0.2) is 0 Å². The van der Waals surface area contributed by atoms with Gasteiger partial charge in [-0.25, -0.2) is 0 Å². The maximum Gasteiger partial charge on any atom is 0.307 e. The van der Waals surface area contributed by atoms with E-state index in [1.807, 2.05) is 6.08 Å². The highest BCUT2D eigenvalue weighted by molar-refractivity contribution is 6.05. The summed E-state index contributed by atoms with van der Waals surface area (Å²) in [5.41, 5.74) is 0.571. The number of anilines is 1. The Morgan fingerprint density at radius 1 is 0.957 bits per heavy atom. The smallest absolute Gasteiger partial charge is 0.307 e. The normalized spacial score (nSPS) is 20.3. The first kappa shape index (κ1) is 15.1. The standard InChI is InChI=1S/C18H17NO4/c20-16-10-4-7-11-12(16)8-3-9-15(11)19-17(21)13-5-1-2-6-14(13)18(22)23/h1-4,7-10,13-14,20H,5-6H2,(H,19,21)(H,22,23)/t13-,14-/m0/s1. The van der Waals surface area contributed by atoms with Crippen LogP contribution in [0.4, 0.5) is 5.69 Å². The Kier molecular flexibility index (Phi) is 4.02. The first-order valence-electron chi connectivity index (χ1n) is 7.47. The number of benzene rings is 2. The number of phenols is 1. The molecule has 2 atom stereocenters. The minimum atomic E-state index is -0.954. The van der Waals surface area contributed by atoms with Gasteiger partial charge in [-0.1, -0.05) is 36.4 Å². The molecule has 0 unspecified atom stereocenters. The van der Waals surface area contributed by atoms with E-state index in [0.29, 0.717) is 23.9 Å². The van der Waals surface area contributed by atoms with E-state index in [-0.39, 0.29) is 11.7 Å². The highest BCUT2D eigenvalue weighted by Gasteiger charge is 2.34. The van der Waals surface area contributed by atoms with E-state index < -0.39 is 17.8 Å². The van der Waals surface area contributed by atoms with Gasteiger partial charge in [0.2, 0.25) is 5.91 Å². The number of fused-ring (bicyclic) bond motifs is 1. The number of carbonyl (C=O) groups is 2. The van der Waals surface area contributed by atoms with Crippen LogP contribution in [-0.2, 0) is 9.59 Å². The SMILES string of the molecule is O=C(O)[C@H]1CC=CC[C@@H]1C(=O)Nc1cccc2c(O)cccc12. The van der Waals surface area contributed by atoms with E-state index in [2.05, 4.69) is 5.32 Å². The topological polar surface area (TPSA) is 86.6 Å². The molecule has 3 N–H and O–H groups in total. The summed E-state index contributed by atoms with van der Waals surface area (Å²) >= 11 is 0. The lowest BCUT2D eigenvalue weighted by Crippen LogP contribution is -2.34. The molecule has 0 heterocycles. The fourth-order valence-electron chi connectivity index (χ4n) is 3.00. The number of carboxylic acids is 1. The van der Waals surface area contributed by atoms with Crippen molar-refractivity contribution < 1.29 is 19.8 Å². The van der Waals surface area contributed by atoms with Gasteiger partial charge in [0, 0.05) is 16.5 Å². The number of nitrogens with one attached hydrogen (secondary N) is 1. The van der Waals surface area contributed by atoms with Crippen LogP contribution in [0.15, 0.2) is 48.6 Å². The molecule has 1 aliphatic rings. The van der Waals surface area contributed by atoms with E-state index in [9.17, 15) is 19.8 Å². The minimum Gasteiger partial charge on any atom is -0.507 e. The molecule has 1 aliphatic carbocycles. The van der Waals surface area contributed by atoms with E-state index in [1.54, 1.807) is 42.5 Å². The van der Waals surface area contributed by atoms with Gasteiger partial charge in [-0.15, -0.1) is 0 Å². The monoisotopic (exact) mass is 311 g/mol.